The van der Waals surface area contributed by atoms with Gasteiger partial charge in [-0.25, -0.2) is 0 Å². The highest BCUT2D eigenvalue weighted by molar-refractivity contribution is 5.89. The lowest BCUT2D eigenvalue weighted by Gasteiger charge is -2.51. The molecule has 0 aromatic heterocycles. The van der Waals surface area contributed by atoms with E-state index >= 15 is 0 Å². The summed E-state index contributed by atoms with van der Waals surface area (Å²) in [6.07, 6.45) is 2.97. The topological polar surface area (TPSA) is 114 Å². The summed E-state index contributed by atoms with van der Waals surface area (Å²) in [6.45, 7) is 5.99. The van der Waals surface area contributed by atoms with Gasteiger partial charge in [0.2, 0.25) is 11.7 Å². The number of fused-ring (bicyclic) bond motifs is 2. The maximum atomic E-state index is 10.4. The van der Waals surface area contributed by atoms with Crippen LogP contribution >= 0.6 is 0 Å². The lowest BCUT2D eigenvalue weighted by atomic mass is 9.51. The van der Waals surface area contributed by atoms with Gasteiger partial charge in [0.05, 0.1) is 30.2 Å². The van der Waals surface area contributed by atoms with Gasteiger partial charge in [-0.1, -0.05) is 70.4 Å². The summed E-state index contributed by atoms with van der Waals surface area (Å²) in [4.78, 5) is 0. The lowest BCUT2D eigenvalue weighted by molar-refractivity contribution is -0.300. The SMILES string of the molecule is CCCCC(CC)C1OC2(c3ccccc3)OC(=N)C(C#N)(C2CC)C1(C#N)C#N. The van der Waals surface area contributed by atoms with Crippen LogP contribution in [0.3, 0.4) is 0 Å². The molecule has 5 unspecified atom stereocenters. The van der Waals surface area contributed by atoms with E-state index in [1.54, 1.807) is 0 Å². The minimum atomic E-state index is -1.82. The monoisotopic (exact) mass is 404 g/mol. The van der Waals surface area contributed by atoms with Gasteiger partial charge in [0.25, 0.3) is 0 Å². The minimum Gasteiger partial charge on any atom is -0.443 e. The second-order valence-electron chi connectivity index (χ2n) is 8.23. The van der Waals surface area contributed by atoms with Crippen molar-refractivity contribution in [2.45, 2.75) is 64.8 Å². The average molecular weight is 405 g/mol. The number of hydrogen-bond acceptors (Lipinski definition) is 6. The lowest BCUT2D eigenvalue weighted by Crippen LogP contribution is -2.63. The van der Waals surface area contributed by atoms with E-state index in [9.17, 15) is 15.8 Å². The van der Waals surface area contributed by atoms with E-state index in [1.165, 1.54) is 0 Å². The van der Waals surface area contributed by atoms with Crippen molar-refractivity contribution in [1.29, 1.82) is 21.2 Å². The smallest absolute Gasteiger partial charge is 0.244 e. The van der Waals surface area contributed by atoms with Crippen LogP contribution in [-0.2, 0) is 15.3 Å². The highest BCUT2D eigenvalue weighted by Crippen LogP contribution is 2.67. The standard InChI is InChI=1S/C24H28N4O2/c1-4-7-11-17(5-2)20-22(14-25,15-26)23(16-27)19(6-3)24(29-20,30-21(23)28)18-12-9-8-10-13-18/h8-10,12-13,17,19-20,28H,4-7,11H2,1-3H3. The van der Waals surface area contributed by atoms with Crippen LogP contribution < -0.4 is 0 Å². The van der Waals surface area contributed by atoms with E-state index in [0.717, 1.165) is 19.3 Å². The number of nitriles is 3. The molecule has 6 heteroatoms. The molecule has 0 spiro atoms. The largest absolute Gasteiger partial charge is 0.443 e. The summed E-state index contributed by atoms with van der Waals surface area (Å²) in [7, 11) is 0. The fraction of sp³-hybridized carbons (Fsp3) is 0.583. The Balaban J connectivity index is 2.31. The highest BCUT2D eigenvalue weighted by Gasteiger charge is 2.80. The predicted molar refractivity (Wildman–Crippen MR) is 111 cm³/mol. The van der Waals surface area contributed by atoms with Gasteiger partial charge in [-0.05, 0) is 18.8 Å². The van der Waals surface area contributed by atoms with Gasteiger partial charge in [-0.15, -0.1) is 0 Å². The van der Waals surface area contributed by atoms with Crippen LogP contribution in [0.4, 0.5) is 0 Å². The molecule has 2 heterocycles. The second kappa shape index (κ2) is 8.10. The zero-order chi connectivity index (χ0) is 22.0. The number of ether oxygens (including phenoxy) is 2. The van der Waals surface area contributed by atoms with Crippen LogP contribution in [-0.4, -0.2) is 12.0 Å². The third kappa shape index (κ3) is 2.59. The van der Waals surface area contributed by atoms with E-state index < -0.39 is 28.6 Å². The molecule has 156 valence electrons. The van der Waals surface area contributed by atoms with Gasteiger partial charge >= 0.3 is 0 Å². The van der Waals surface area contributed by atoms with E-state index in [0.29, 0.717) is 18.4 Å². The molecular formula is C24H28N4O2. The van der Waals surface area contributed by atoms with Crippen molar-refractivity contribution in [3.63, 3.8) is 0 Å². The van der Waals surface area contributed by atoms with Crippen molar-refractivity contribution in [1.82, 2.24) is 0 Å². The van der Waals surface area contributed by atoms with Gasteiger partial charge in [-0.3, -0.25) is 5.41 Å². The molecule has 2 aliphatic rings. The Labute approximate surface area is 178 Å². The molecule has 1 N–H and O–H groups in total. The normalized spacial score (nSPS) is 32.3. The van der Waals surface area contributed by atoms with Crippen LogP contribution in [0.5, 0.6) is 0 Å². The molecule has 2 bridgehead atoms. The molecule has 1 aromatic carbocycles. The third-order valence-electron chi connectivity index (χ3n) is 6.94. The molecule has 2 saturated heterocycles. The number of unbranched alkanes of at least 4 members (excludes halogenated alkanes) is 1. The average Bonchev–Trinajstić information content (AvgIpc) is 2.99. The first kappa shape index (κ1) is 21.8. The maximum absolute atomic E-state index is 10.4. The van der Waals surface area contributed by atoms with Crippen molar-refractivity contribution >= 4 is 5.90 Å². The highest BCUT2D eigenvalue weighted by atomic mass is 16.7. The Morgan fingerprint density at radius 2 is 1.73 bits per heavy atom. The number of benzene rings is 1. The fourth-order valence-corrected chi connectivity index (χ4v) is 5.41. The molecule has 0 amide bonds. The fourth-order valence-electron chi connectivity index (χ4n) is 5.41. The first-order valence-electron chi connectivity index (χ1n) is 10.7. The molecule has 1 aromatic rings. The third-order valence-corrected chi connectivity index (χ3v) is 6.94. The molecule has 2 aliphatic heterocycles. The Morgan fingerprint density at radius 1 is 1.07 bits per heavy atom. The van der Waals surface area contributed by atoms with Gasteiger partial charge in [0, 0.05) is 5.56 Å². The molecule has 30 heavy (non-hydrogen) atoms. The zero-order valence-electron chi connectivity index (χ0n) is 17.8. The van der Waals surface area contributed by atoms with Gasteiger partial charge < -0.3 is 9.47 Å². The Bertz CT molecular complexity index is 911. The van der Waals surface area contributed by atoms with Crippen molar-refractivity contribution in [2.75, 3.05) is 0 Å². The quantitative estimate of drug-likeness (QED) is 0.684. The molecular weight excluding hydrogens is 376 g/mol. The molecule has 0 aliphatic carbocycles. The molecule has 2 fully saturated rings. The van der Waals surface area contributed by atoms with Gasteiger partial charge in [0.1, 0.15) is 0 Å². The first-order valence-corrected chi connectivity index (χ1v) is 10.7. The summed E-state index contributed by atoms with van der Waals surface area (Å²) in [5, 5.41) is 39.8. The number of nitrogens with zero attached hydrogens (tertiary/aromatic N) is 3. The van der Waals surface area contributed by atoms with Crippen molar-refractivity contribution in [3.05, 3.63) is 35.9 Å². The summed E-state index contributed by atoms with van der Waals surface area (Å²) >= 11 is 0. The van der Waals surface area contributed by atoms with E-state index in [1.807, 2.05) is 44.2 Å². The summed E-state index contributed by atoms with van der Waals surface area (Å²) in [5.74, 6) is -2.45. The molecule has 0 radical (unpaired) electrons. The number of rotatable bonds is 7. The second-order valence-corrected chi connectivity index (χ2v) is 8.23. The molecule has 5 atom stereocenters. The Morgan fingerprint density at radius 3 is 2.23 bits per heavy atom. The molecule has 6 nitrogen and oxygen atoms in total. The van der Waals surface area contributed by atoms with Crippen LogP contribution in [0, 0.1) is 62.1 Å². The van der Waals surface area contributed by atoms with Crippen molar-refractivity contribution < 1.29 is 9.47 Å². The van der Waals surface area contributed by atoms with E-state index in [2.05, 4.69) is 25.1 Å². The van der Waals surface area contributed by atoms with Gasteiger partial charge in [0.15, 0.2) is 10.8 Å². The van der Waals surface area contributed by atoms with Gasteiger partial charge in [-0.2, -0.15) is 15.8 Å². The minimum absolute atomic E-state index is 0.104. The maximum Gasteiger partial charge on any atom is 0.244 e. The van der Waals surface area contributed by atoms with Crippen molar-refractivity contribution in [3.8, 4) is 18.2 Å². The van der Waals surface area contributed by atoms with Crippen molar-refractivity contribution in [2.24, 2.45) is 22.7 Å². The van der Waals surface area contributed by atoms with Crippen LogP contribution in [0.25, 0.3) is 0 Å². The first-order chi connectivity index (χ1) is 14.5. The Kier molecular flexibility index (Phi) is 5.89. The van der Waals surface area contributed by atoms with Crippen LogP contribution in [0.2, 0.25) is 0 Å². The molecule has 0 saturated carbocycles. The Hall–Kier alpha value is -2.88. The number of hydrogen-bond donors (Lipinski definition) is 1. The summed E-state index contributed by atoms with van der Waals surface area (Å²) in [6, 6.07) is 15.9. The van der Waals surface area contributed by atoms with E-state index in [-0.39, 0.29) is 11.8 Å². The van der Waals surface area contributed by atoms with Crippen LogP contribution in [0.1, 0.15) is 58.4 Å². The predicted octanol–water partition coefficient (Wildman–Crippen LogP) is 5.03. The number of nitrogens with one attached hydrogen (secondary N) is 1. The summed E-state index contributed by atoms with van der Waals surface area (Å²) in [5.41, 5.74) is -2.80. The zero-order valence-corrected chi connectivity index (χ0v) is 17.8. The summed E-state index contributed by atoms with van der Waals surface area (Å²) < 4.78 is 12.7. The van der Waals surface area contributed by atoms with Crippen LogP contribution in [0.15, 0.2) is 30.3 Å². The van der Waals surface area contributed by atoms with E-state index in [4.69, 9.17) is 14.9 Å². The molecule has 3 rings (SSSR count).